The molecule has 2 unspecified atom stereocenters. The normalized spacial score (nSPS) is 27.1. The third-order valence-corrected chi connectivity index (χ3v) is 5.10. The van der Waals surface area contributed by atoms with Crippen LogP contribution < -0.4 is 0 Å². The highest BCUT2D eigenvalue weighted by molar-refractivity contribution is 5.72. The number of hydrogen-bond donors (Lipinski definition) is 1. The lowest BCUT2D eigenvalue weighted by atomic mass is 9.65. The molecule has 3 heteroatoms. The Kier molecular flexibility index (Phi) is 3.77. The van der Waals surface area contributed by atoms with E-state index in [4.69, 9.17) is 0 Å². The Bertz CT molecular complexity index is 506. The van der Waals surface area contributed by atoms with E-state index in [2.05, 4.69) is 0 Å². The number of halogens is 1. The number of rotatable bonds is 2. The summed E-state index contributed by atoms with van der Waals surface area (Å²) in [6, 6.07) is 4.93. The zero-order valence-electron chi connectivity index (χ0n) is 11.6. The number of carboxylic acids is 1. The average molecular weight is 276 g/mol. The molecule has 1 aromatic carbocycles. The maximum atomic E-state index is 13.6. The van der Waals surface area contributed by atoms with Gasteiger partial charge < -0.3 is 5.11 Å². The van der Waals surface area contributed by atoms with Crippen LogP contribution in [-0.2, 0) is 11.2 Å². The maximum Gasteiger partial charge on any atom is 0.307 e. The van der Waals surface area contributed by atoms with E-state index in [1.54, 1.807) is 6.07 Å². The van der Waals surface area contributed by atoms with Crippen molar-refractivity contribution < 1.29 is 14.3 Å². The van der Waals surface area contributed by atoms with Gasteiger partial charge in [-0.1, -0.05) is 25.3 Å². The molecule has 3 rings (SSSR count). The van der Waals surface area contributed by atoms with Gasteiger partial charge in [0.2, 0.25) is 0 Å². The first-order valence-electron chi connectivity index (χ1n) is 7.68. The second-order valence-corrected chi connectivity index (χ2v) is 6.25. The highest BCUT2D eigenvalue weighted by Crippen LogP contribution is 2.46. The Balaban J connectivity index is 2.00. The number of aryl methyl sites for hydroxylation is 1. The van der Waals surface area contributed by atoms with Gasteiger partial charge in [0.1, 0.15) is 5.82 Å². The van der Waals surface area contributed by atoms with Crippen molar-refractivity contribution in [3.8, 4) is 0 Å². The van der Waals surface area contributed by atoms with Crippen molar-refractivity contribution >= 4 is 5.97 Å². The summed E-state index contributed by atoms with van der Waals surface area (Å²) < 4.78 is 13.6. The molecule has 0 radical (unpaired) electrons. The topological polar surface area (TPSA) is 37.3 Å². The summed E-state index contributed by atoms with van der Waals surface area (Å²) in [5.41, 5.74) is 2.12. The Hall–Kier alpha value is -1.38. The number of carbonyl (C=O) groups is 1. The molecular formula is C17H21FO2. The zero-order valence-corrected chi connectivity index (χ0v) is 11.6. The van der Waals surface area contributed by atoms with Crippen LogP contribution in [0.3, 0.4) is 0 Å². The summed E-state index contributed by atoms with van der Waals surface area (Å²) >= 11 is 0. The standard InChI is InChI=1S/C17H21FO2/c18-13-8-6-11-7-9-14(17(19)20)16(15(11)10-13)12-4-2-1-3-5-12/h6,8,10,12,14,16H,1-5,7,9H2,(H,19,20). The Morgan fingerprint density at radius 2 is 1.90 bits per heavy atom. The molecule has 108 valence electrons. The van der Waals surface area contributed by atoms with Crippen LogP contribution in [-0.4, -0.2) is 11.1 Å². The van der Waals surface area contributed by atoms with E-state index in [1.165, 1.54) is 25.3 Å². The predicted octanol–water partition coefficient (Wildman–Crippen LogP) is 4.14. The van der Waals surface area contributed by atoms with Gasteiger partial charge >= 0.3 is 5.97 Å². The van der Waals surface area contributed by atoms with Gasteiger partial charge in [-0.2, -0.15) is 0 Å². The third-order valence-electron chi connectivity index (χ3n) is 5.10. The average Bonchev–Trinajstić information content (AvgIpc) is 2.46. The molecule has 0 amide bonds. The van der Waals surface area contributed by atoms with Crippen LogP contribution in [0.2, 0.25) is 0 Å². The van der Waals surface area contributed by atoms with Gasteiger partial charge in [-0.3, -0.25) is 4.79 Å². The van der Waals surface area contributed by atoms with Crippen molar-refractivity contribution in [1.82, 2.24) is 0 Å². The van der Waals surface area contributed by atoms with Crippen LogP contribution >= 0.6 is 0 Å². The Morgan fingerprint density at radius 3 is 2.60 bits per heavy atom. The van der Waals surface area contributed by atoms with Crippen LogP contribution in [0.4, 0.5) is 4.39 Å². The van der Waals surface area contributed by atoms with E-state index in [1.807, 2.05) is 6.07 Å². The molecule has 0 aliphatic heterocycles. The lowest BCUT2D eigenvalue weighted by Gasteiger charge is -2.38. The predicted molar refractivity (Wildman–Crippen MR) is 75.2 cm³/mol. The van der Waals surface area contributed by atoms with Gasteiger partial charge in [0, 0.05) is 5.92 Å². The molecule has 20 heavy (non-hydrogen) atoms. The molecule has 2 nitrogen and oxygen atoms in total. The second kappa shape index (κ2) is 5.55. The van der Waals surface area contributed by atoms with Crippen LogP contribution in [0.15, 0.2) is 18.2 Å². The van der Waals surface area contributed by atoms with Crippen molar-refractivity contribution in [1.29, 1.82) is 0 Å². The first kappa shape index (κ1) is 13.6. The summed E-state index contributed by atoms with van der Waals surface area (Å²) in [6.07, 6.45) is 7.23. The monoisotopic (exact) mass is 276 g/mol. The zero-order chi connectivity index (χ0) is 14.1. The Labute approximate surface area is 119 Å². The van der Waals surface area contributed by atoms with Crippen LogP contribution in [0, 0.1) is 17.7 Å². The minimum atomic E-state index is -0.713. The summed E-state index contributed by atoms with van der Waals surface area (Å²) in [7, 11) is 0. The van der Waals surface area contributed by atoms with Crippen molar-refractivity contribution in [2.75, 3.05) is 0 Å². The fourth-order valence-corrected chi connectivity index (χ4v) is 4.16. The van der Waals surface area contributed by atoms with Crippen LogP contribution in [0.5, 0.6) is 0 Å². The summed E-state index contributed by atoms with van der Waals surface area (Å²) in [5.74, 6) is -0.878. The molecule has 1 fully saturated rings. The minimum absolute atomic E-state index is 0.00671. The maximum absolute atomic E-state index is 13.6. The molecule has 1 saturated carbocycles. The number of fused-ring (bicyclic) bond motifs is 1. The fourth-order valence-electron chi connectivity index (χ4n) is 4.16. The quantitative estimate of drug-likeness (QED) is 0.881. The van der Waals surface area contributed by atoms with Gasteiger partial charge in [0.15, 0.2) is 0 Å². The molecule has 0 aromatic heterocycles. The number of hydrogen-bond acceptors (Lipinski definition) is 1. The molecule has 0 saturated heterocycles. The van der Waals surface area contributed by atoms with Gasteiger partial charge in [-0.15, -0.1) is 0 Å². The van der Waals surface area contributed by atoms with Crippen molar-refractivity contribution in [3.63, 3.8) is 0 Å². The first-order valence-corrected chi connectivity index (χ1v) is 7.68. The second-order valence-electron chi connectivity index (χ2n) is 6.25. The Morgan fingerprint density at radius 1 is 1.15 bits per heavy atom. The SMILES string of the molecule is O=C(O)C1CCc2ccc(F)cc2C1C1CCCCC1. The number of benzene rings is 1. The van der Waals surface area contributed by atoms with E-state index in [0.717, 1.165) is 30.4 Å². The van der Waals surface area contributed by atoms with E-state index in [-0.39, 0.29) is 17.7 Å². The molecular weight excluding hydrogens is 255 g/mol. The van der Waals surface area contributed by atoms with Gasteiger partial charge in [-0.05, 0) is 54.9 Å². The number of aliphatic carboxylic acids is 1. The molecule has 2 atom stereocenters. The van der Waals surface area contributed by atoms with Gasteiger partial charge in [0.05, 0.1) is 5.92 Å². The lowest BCUT2D eigenvalue weighted by molar-refractivity contribution is -0.143. The van der Waals surface area contributed by atoms with Crippen molar-refractivity contribution in [2.24, 2.45) is 11.8 Å². The highest BCUT2D eigenvalue weighted by atomic mass is 19.1. The smallest absolute Gasteiger partial charge is 0.307 e. The molecule has 0 bridgehead atoms. The van der Waals surface area contributed by atoms with E-state index in [0.29, 0.717) is 12.3 Å². The van der Waals surface area contributed by atoms with E-state index >= 15 is 0 Å². The third kappa shape index (κ3) is 2.46. The van der Waals surface area contributed by atoms with Crippen LogP contribution in [0.25, 0.3) is 0 Å². The van der Waals surface area contributed by atoms with E-state index < -0.39 is 5.97 Å². The molecule has 2 aliphatic rings. The molecule has 0 heterocycles. The summed E-state index contributed by atoms with van der Waals surface area (Å²) in [5, 5.41) is 9.54. The minimum Gasteiger partial charge on any atom is -0.481 e. The fraction of sp³-hybridized carbons (Fsp3) is 0.588. The highest BCUT2D eigenvalue weighted by Gasteiger charge is 2.39. The lowest BCUT2D eigenvalue weighted by Crippen LogP contribution is -2.33. The number of carboxylic acid groups (broad SMARTS) is 1. The van der Waals surface area contributed by atoms with Gasteiger partial charge in [-0.25, -0.2) is 4.39 Å². The van der Waals surface area contributed by atoms with Gasteiger partial charge in [0.25, 0.3) is 0 Å². The molecule has 0 spiro atoms. The molecule has 1 N–H and O–H groups in total. The largest absolute Gasteiger partial charge is 0.481 e. The summed E-state index contributed by atoms with van der Waals surface area (Å²) in [6.45, 7) is 0. The summed E-state index contributed by atoms with van der Waals surface area (Å²) in [4.78, 5) is 11.6. The van der Waals surface area contributed by atoms with Crippen molar-refractivity contribution in [3.05, 3.63) is 35.1 Å². The van der Waals surface area contributed by atoms with Crippen molar-refractivity contribution in [2.45, 2.75) is 50.9 Å². The van der Waals surface area contributed by atoms with E-state index in [9.17, 15) is 14.3 Å². The molecule has 1 aromatic rings. The first-order chi connectivity index (χ1) is 9.66. The molecule has 2 aliphatic carbocycles. The van der Waals surface area contributed by atoms with Crippen LogP contribution in [0.1, 0.15) is 55.6 Å².